The van der Waals surface area contributed by atoms with E-state index in [-0.39, 0.29) is 5.69 Å². The summed E-state index contributed by atoms with van der Waals surface area (Å²) in [5.41, 5.74) is 2.74. The molecule has 1 aromatic carbocycles. The van der Waals surface area contributed by atoms with E-state index in [1.54, 1.807) is 23.5 Å². The summed E-state index contributed by atoms with van der Waals surface area (Å²) in [6.45, 7) is 2.27. The fourth-order valence-corrected chi connectivity index (χ4v) is 3.18. The largest absolute Gasteiger partial charge is 0.418 e. The molecule has 0 bridgehead atoms. The second-order valence-electron chi connectivity index (χ2n) is 4.70. The van der Waals surface area contributed by atoms with Gasteiger partial charge in [0.25, 0.3) is 0 Å². The first-order valence-corrected chi connectivity index (χ1v) is 8.19. The number of rotatable bonds is 4. The molecule has 7 heteroatoms. The van der Waals surface area contributed by atoms with Crippen molar-refractivity contribution in [1.29, 1.82) is 0 Å². The second-order valence-corrected chi connectivity index (χ2v) is 6.20. The van der Waals surface area contributed by atoms with Gasteiger partial charge in [0.05, 0.1) is 23.3 Å². The Morgan fingerprint density at radius 3 is 2.57 bits per heavy atom. The molecule has 0 aliphatic heterocycles. The number of anilines is 1. The van der Waals surface area contributed by atoms with Gasteiger partial charge in [-0.05, 0) is 24.6 Å². The zero-order chi connectivity index (χ0) is 15.6. The number of halogens is 4. The van der Waals surface area contributed by atoms with E-state index in [0.717, 1.165) is 10.6 Å². The Bertz CT molecular complexity index is 625. The van der Waals surface area contributed by atoms with Gasteiger partial charge in [0.15, 0.2) is 0 Å². The maximum Gasteiger partial charge on any atom is 0.418 e. The molecule has 0 aliphatic carbocycles. The summed E-state index contributed by atoms with van der Waals surface area (Å²) < 4.78 is 39.7. The van der Waals surface area contributed by atoms with Crippen LogP contribution in [0.1, 0.15) is 21.7 Å². The monoisotopic (exact) mass is 378 g/mol. The zero-order valence-electron chi connectivity index (χ0n) is 11.5. The number of thiazole rings is 1. The van der Waals surface area contributed by atoms with Crippen molar-refractivity contribution >= 4 is 33.0 Å². The van der Waals surface area contributed by atoms with E-state index in [9.17, 15) is 13.2 Å². The van der Waals surface area contributed by atoms with Gasteiger partial charge in [-0.1, -0.05) is 22.0 Å². The average molecular weight is 379 g/mol. The van der Waals surface area contributed by atoms with Gasteiger partial charge in [-0.15, -0.1) is 11.3 Å². The quantitative estimate of drug-likeness (QED) is 0.695. The third kappa shape index (κ3) is 3.77. The maximum absolute atomic E-state index is 13.2. The van der Waals surface area contributed by atoms with Crippen LogP contribution in [0.5, 0.6) is 0 Å². The van der Waals surface area contributed by atoms with E-state index >= 15 is 0 Å². The van der Waals surface area contributed by atoms with Gasteiger partial charge >= 0.3 is 6.18 Å². The van der Waals surface area contributed by atoms with E-state index in [1.807, 2.05) is 6.92 Å². The molecule has 0 atom stereocenters. The minimum Gasteiger partial charge on any atom is -0.369 e. The Balaban J connectivity index is 2.36. The van der Waals surface area contributed by atoms with Gasteiger partial charge in [-0.25, -0.2) is 4.98 Å². The summed E-state index contributed by atoms with van der Waals surface area (Å²) in [5, 5.41) is 0.397. The average Bonchev–Trinajstić information content (AvgIpc) is 2.82. The van der Waals surface area contributed by atoms with Crippen molar-refractivity contribution in [2.24, 2.45) is 0 Å². The van der Waals surface area contributed by atoms with Crippen molar-refractivity contribution in [3.63, 3.8) is 0 Å². The van der Waals surface area contributed by atoms with Gasteiger partial charge in [-0.3, -0.25) is 0 Å². The van der Waals surface area contributed by atoms with E-state index in [4.69, 9.17) is 0 Å². The summed E-state index contributed by atoms with van der Waals surface area (Å²) >= 11 is 4.64. The molecule has 2 aromatic rings. The third-order valence-corrected chi connectivity index (χ3v) is 4.72. The molecule has 114 valence electrons. The SMILES string of the molecule is Cc1ncsc1CN(C)c1ccc(CBr)cc1C(F)(F)F. The van der Waals surface area contributed by atoms with Crippen molar-refractivity contribution < 1.29 is 13.2 Å². The lowest BCUT2D eigenvalue weighted by molar-refractivity contribution is -0.137. The minimum atomic E-state index is -4.37. The minimum absolute atomic E-state index is 0.181. The topological polar surface area (TPSA) is 16.1 Å². The predicted octanol–water partition coefficient (Wildman–Crippen LogP) is 5.00. The van der Waals surface area contributed by atoms with E-state index in [0.29, 0.717) is 17.4 Å². The smallest absolute Gasteiger partial charge is 0.369 e. The summed E-state index contributed by atoms with van der Waals surface area (Å²) in [7, 11) is 1.66. The zero-order valence-corrected chi connectivity index (χ0v) is 13.9. The number of hydrogen-bond acceptors (Lipinski definition) is 3. The number of hydrogen-bond donors (Lipinski definition) is 0. The predicted molar refractivity (Wildman–Crippen MR) is 83.0 cm³/mol. The van der Waals surface area contributed by atoms with Crippen LogP contribution in [0.4, 0.5) is 18.9 Å². The van der Waals surface area contributed by atoms with Crippen molar-refractivity contribution in [1.82, 2.24) is 4.98 Å². The molecular formula is C14H14BrF3N2S. The number of aryl methyl sites for hydroxylation is 1. The fraction of sp³-hybridized carbons (Fsp3) is 0.357. The van der Waals surface area contributed by atoms with E-state index < -0.39 is 11.7 Å². The number of alkyl halides is 4. The molecule has 0 aliphatic rings. The van der Waals surface area contributed by atoms with Crippen LogP contribution in [0.3, 0.4) is 0 Å². The van der Waals surface area contributed by atoms with Crippen molar-refractivity contribution in [3.8, 4) is 0 Å². The van der Waals surface area contributed by atoms with Crippen LogP contribution in [0.25, 0.3) is 0 Å². The first-order valence-electron chi connectivity index (χ1n) is 6.19. The Hall–Kier alpha value is -1.08. The van der Waals surface area contributed by atoms with Crippen LogP contribution < -0.4 is 4.90 Å². The standard InChI is InChI=1S/C14H14BrF3N2S/c1-9-13(21-8-19-9)7-20(2)12-4-3-10(6-15)5-11(12)14(16,17)18/h3-5,8H,6-7H2,1-2H3. The molecule has 0 N–H and O–H groups in total. The molecule has 0 saturated heterocycles. The first kappa shape index (κ1) is 16.3. The van der Waals surface area contributed by atoms with E-state index in [2.05, 4.69) is 20.9 Å². The van der Waals surface area contributed by atoms with Crippen LogP contribution in [-0.4, -0.2) is 12.0 Å². The van der Waals surface area contributed by atoms with Gasteiger partial charge in [-0.2, -0.15) is 13.2 Å². The lowest BCUT2D eigenvalue weighted by Gasteiger charge is -2.23. The molecule has 0 radical (unpaired) electrons. The molecule has 0 fully saturated rings. The van der Waals surface area contributed by atoms with Crippen LogP contribution in [0.15, 0.2) is 23.7 Å². The number of aromatic nitrogens is 1. The molecular weight excluding hydrogens is 365 g/mol. The molecule has 1 aromatic heterocycles. The summed E-state index contributed by atoms with van der Waals surface area (Å²) in [6.07, 6.45) is -4.37. The van der Waals surface area contributed by atoms with Crippen LogP contribution in [0, 0.1) is 6.92 Å². The van der Waals surface area contributed by atoms with Gasteiger partial charge in [0.1, 0.15) is 0 Å². The molecule has 0 spiro atoms. The first-order chi connectivity index (χ1) is 9.82. The highest BCUT2D eigenvalue weighted by atomic mass is 79.9. The van der Waals surface area contributed by atoms with E-state index in [1.165, 1.54) is 23.5 Å². The molecule has 0 saturated carbocycles. The molecule has 21 heavy (non-hydrogen) atoms. The van der Waals surface area contributed by atoms with Crippen LogP contribution in [-0.2, 0) is 18.1 Å². The number of nitrogens with zero attached hydrogens (tertiary/aromatic N) is 2. The van der Waals surface area contributed by atoms with Gasteiger partial charge in [0.2, 0.25) is 0 Å². The molecule has 1 heterocycles. The Morgan fingerprint density at radius 1 is 1.33 bits per heavy atom. The molecule has 0 unspecified atom stereocenters. The highest BCUT2D eigenvalue weighted by molar-refractivity contribution is 9.08. The van der Waals surface area contributed by atoms with Gasteiger partial charge in [0, 0.05) is 22.9 Å². The lowest BCUT2D eigenvalue weighted by atomic mass is 10.1. The Kier molecular flexibility index (Phi) is 4.93. The third-order valence-electron chi connectivity index (χ3n) is 3.16. The van der Waals surface area contributed by atoms with Crippen LogP contribution >= 0.6 is 27.3 Å². The van der Waals surface area contributed by atoms with Gasteiger partial charge < -0.3 is 4.90 Å². The summed E-state index contributed by atoms with van der Waals surface area (Å²) in [6, 6.07) is 4.42. The second kappa shape index (κ2) is 6.36. The summed E-state index contributed by atoms with van der Waals surface area (Å²) in [4.78, 5) is 6.71. The maximum atomic E-state index is 13.2. The molecule has 2 nitrogen and oxygen atoms in total. The van der Waals surface area contributed by atoms with Crippen molar-refractivity contribution in [2.75, 3.05) is 11.9 Å². The highest BCUT2D eigenvalue weighted by Crippen LogP contribution is 2.38. The summed E-state index contributed by atoms with van der Waals surface area (Å²) in [5.74, 6) is 0. The van der Waals surface area contributed by atoms with Crippen LogP contribution in [0.2, 0.25) is 0 Å². The van der Waals surface area contributed by atoms with Crippen molar-refractivity contribution in [2.45, 2.75) is 25.0 Å². The Labute approximate surface area is 133 Å². The normalized spacial score (nSPS) is 11.7. The molecule has 0 amide bonds. The number of benzene rings is 1. The Morgan fingerprint density at radius 2 is 2.05 bits per heavy atom. The highest BCUT2D eigenvalue weighted by Gasteiger charge is 2.34. The van der Waals surface area contributed by atoms with Crippen molar-refractivity contribution in [3.05, 3.63) is 45.4 Å². The lowest BCUT2D eigenvalue weighted by Crippen LogP contribution is -2.21. The molecule has 2 rings (SSSR count). The fourth-order valence-electron chi connectivity index (χ4n) is 2.00.